The second-order valence-corrected chi connectivity index (χ2v) is 29.5. The van der Waals surface area contributed by atoms with Crippen LogP contribution in [0.2, 0.25) is 0 Å². The third-order valence-corrected chi connectivity index (χ3v) is 18.6. The minimum atomic E-state index is -4.98. The summed E-state index contributed by atoms with van der Waals surface area (Å²) in [6.45, 7) is 4.65. The summed E-state index contributed by atoms with van der Waals surface area (Å²) in [6.07, 6.45) is 80.6. The van der Waals surface area contributed by atoms with Crippen LogP contribution in [0.3, 0.4) is 0 Å². The predicted molar refractivity (Wildman–Crippen MR) is 418 cm³/mol. The van der Waals surface area contributed by atoms with E-state index in [9.17, 15) is 43.2 Å². The Morgan fingerprint density at radius 3 is 0.824 bits per heavy atom. The van der Waals surface area contributed by atoms with Crippen molar-refractivity contribution in [3.63, 3.8) is 0 Å². The van der Waals surface area contributed by atoms with Crippen molar-refractivity contribution in [2.24, 2.45) is 0 Å². The lowest BCUT2D eigenvalue weighted by atomic mass is 10.1. The van der Waals surface area contributed by atoms with Gasteiger partial charge in [0.2, 0.25) is 0 Å². The van der Waals surface area contributed by atoms with Gasteiger partial charge in [-0.25, -0.2) is 9.13 Å². The number of aliphatic hydroxyl groups excluding tert-OH is 1. The van der Waals surface area contributed by atoms with E-state index in [0.29, 0.717) is 25.7 Å². The summed E-state index contributed by atoms with van der Waals surface area (Å²) in [6, 6.07) is 0. The molecule has 0 aromatic rings. The van der Waals surface area contributed by atoms with Gasteiger partial charge in [-0.3, -0.25) is 37.3 Å². The molecule has 0 saturated heterocycles. The molecule has 0 saturated carbocycles. The molecule has 0 heterocycles. The molecular weight excluding hydrogens is 1330 g/mol. The Labute approximate surface area is 619 Å². The first kappa shape index (κ1) is 97.7. The summed E-state index contributed by atoms with van der Waals surface area (Å²) in [5.74, 6) is -2.21. The second kappa shape index (κ2) is 75.0. The summed E-state index contributed by atoms with van der Waals surface area (Å²) in [5, 5.41) is 10.6. The van der Waals surface area contributed by atoms with Crippen LogP contribution < -0.4 is 0 Å². The standard InChI is InChI=1S/C83H144O17P2/c1-5-9-13-17-21-25-29-32-35-37-38-40-42-45-49-52-56-60-64-68-81(86)94-74-79(100-83(88)70-66-62-58-54-50-46-43-39-36-33-30-26-22-18-14-10-6-2)76-98-102(91,92)96-72-77(84)71-95-101(89,90)97-75-78(99-82(87)69-65-61-57-53-47-28-24-20-16-12-8-4)73-93-80(85)67-63-59-55-51-48-44-41-34-31-27-23-19-15-11-7-3/h10,14,20-27,32-36,38,40-41,77-79,84H,5-9,11-13,15-19,28-31,37,39,42-76H2,1-4H3,(H,89,90)(H,91,92)/b14-10-,24-20-,25-21-,26-22-,27-23-,35-32-,36-33-,40-38-,41-34-. The average molecular weight is 1480 g/mol. The first-order valence-electron chi connectivity index (χ1n) is 40.1. The normalized spacial score (nSPS) is 14.5. The highest BCUT2D eigenvalue weighted by Crippen LogP contribution is 2.45. The Hall–Kier alpha value is -4.28. The number of phosphoric acid groups is 2. The third kappa shape index (κ3) is 74.0. The Kier molecular flexibility index (Phi) is 71.8. The first-order chi connectivity index (χ1) is 49.7. The molecule has 0 aliphatic heterocycles. The first-order valence-corrected chi connectivity index (χ1v) is 43.1. The molecule has 0 spiro atoms. The molecule has 3 N–H and O–H groups in total. The zero-order valence-corrected chi connectivity index (χ0v) is 66.0. The molecule has 0 bridgehead atoms. The Morgan fingerprint density at radius 2 is 0.520 bits per heavy atom. The molecule has 0 fully saturated rings. The van der Waals surface area contributed by atoms with Gasteiger partial charge in [-0.15, -0.1) is 0 Å². The van der Waals surface area contributed by atoms with Gasteiger partial charge in [-0.1, -0.05) is 272 Å². The maximum absolute atomic E-state index is 13.1. The van der Waals surface area contributed by atoms with E-state index >= 15 is 0 Å². The number of aliphatic hydroxyl groups is 1. The zero-order chi connectivity index (χ0) is 74.6. The van der Waals surface area contributed by atoms with Crippen molar-refractivity contribution in [1.82, 2.24) is 0 Å². The Morgan fingerprint density at radius 1 is 0.284 bits per heavy atom. The lowest BCUT2D eigenvalue weighted by Crippen LogP contribution is -2.30. The molecule has 0 radical (unpaired) electrons. The fraction of sp³-hybridized carbons (Fsp3) is 0.735. The van der Waals surface area contributed by atoms with E-state index in [1.807, 2.05) is 0 Å². The van der Waals surface area contributed by atoms with E-state index < -0.39 is 97.5 Å². The van der Waals surface area contributed by atoms with Crippen LogP contribution in [-0.2, 0) is 65.4 Å². The number of phosphoric ester groups is 2. The van der Waals surface area contributed by atoms with Crippen molar-refractivity contribution in [2.45, 2.75) is 354 Å². The van der Waals surface area contributed by atoms with Crippen LogP contribution in [0.25, 0.3) is 0 Å². The number of carbonyl (C=O) groups excluding carboxylic acids is 4. The van der Waals surface area contributed by atoms with Crippen molar-refractivity contribution in [3.05, 3.63) is 109 Å². The summed E-state index contributed by atoms with van der Waals surface area (Å²) in [4.78, 5) is 73.0. The van der Waals surface area contributed by atoms with Crippen LogP contribution in [0.15, 0.2) is 109 Å². The maximum Gasteiger partial charge on any atom is 0.472 e. The SMILES string of the molecule is CC/C=C\C/C=C\C/C=C\CCCCCCCCCC(=O)OC(COC(=O)CCCCCCCC/C=C\C/C=C\C/C=C\CCCCC)COP(=O)(O)OCC(O)COP(=O)(O)OCC(COC(=O)CCCCCCC/C=C\C/C=C\CCCCC)OC(=O)CCCCCCC/C=C\CCCC. The minimum absolute atomic E-state index is 0.0793. The van der Waals surface area contributed by atoms with E-state index in [1.54, 1.807) is 0 Å². The molecule has 0 amide bonds. The van der Waals surface area contributed by atoms with Gasteiger partial charge in [0.1, 0.15) is 19.3 Å². The van der Waals surface area contributed by atoms with Gasteiger partial charge < -0.3 is 33.8 Å². The van der Waals surface area contributed by atoms with Crippen molar-refractivity contribution < 1.29 is 80.2 Å². The van der Waals surface area contributed by atoms with Gasteiger partial charge in [-0.2, -0.15) is 0 Å². The van der Waals surface area contributed by atoms with Gasteiger partial charge >= 0.3 is 39.5 Å². The fourth-order valence-corrected chi connectivity index (χ4v) is 12.1. The van der Waals surface area contributed by atoms with Crippen molar-refractivity contribution in [1.29, 1.82) is 0 Å². The van der Waals surface area contributed by atoms with Crippen LogP contribution >= 0.6 is 15.6 Å². The van der Waals surface area contributed by atoms with E-state index in [1.165, 1.54) is 51.4 Å². The Balaban J connectivity index is 5.35. The van der Waals surface area contributed by atoms with Gasteiger partial charge in [0.05, 0.1) is 26.4 Å². The molecule has 0 aliphatic carbocycles. The van der Waals surface area contributed by atoms with Gasteiger partial charge in [-0.05, 0) is 148 Å². The molecule has 5 atom stereocenters. The maximum atomic E-state index is 13.1. The lowest BCUT2D eigenvalue weighted by Gasteiger charge is -2.21. The van der Waals surface area contributed by atoms with Crippen molar-refractivity contribution in [2.75, 3.05) is 39.6 Å². The van der Waals surface area contributed by atoms with E-state index in [4.69, 9.17) is 37.0 Å². The summed E-state index contributed by atoms with van der Waals surface area (Å²) < 4.78 is 68.6. The number of hydrogen-bond donors (Lipinski definition) is 3. The fourth-order valence-electron chi connectivity index (χ4n) is 10.5. The molecule has 588 valence electrons. The Bertz CT molecular complexity index is 2360. The molecule has 0 aromatic heterocycles. The number of allylic oxidation sites excluding steroid dienone is 18. The summed E-state index contributed by atoms with van der Waals surface area (Å²) >= 11 is 0. The van der Waals surface area contributed by atoms with Crippen molar-refractivity contribution >= 4 is 39.5 Å². The number of esters is 4. The molecule has 19 heteroatoms. The number of ether oxygens (including phenoxy) is 4. The zero-order valence-electron chi connectivity index (χ0n) is 64.3. The van der Waals surface area contributed by atoms with Gasteiger partial charge in [0.15, 0.2) is 12.2 Å². The average Bonchev–Trinajstić information content (AvgIpc) is 0.927. The molecule has 0 aliphatic rings. The smallest absolute Gasteiger partial charge is 0.462 e. The third-order valence-electron chi connectivity index (χ3n) is 16.7. The highest BCUT2D eigenvalue weighted by atomic mass is 31.2. The van der Waals surface area contributed by atoms with Crippen LogP contribution in [0.1, 0.15) is 336 Å². The summed E-state index contributed by atoms with van der Waals surface area (Å²) in [7, 11) is -9.96. The van der Waals surface area contributed by atoms with Crippen LogP contribution in [0.4, 0.5) is 0 Å². The highest BCUT2D eigenvalue weighted by molar-refractivity contribution is 7.47. The highest BCUT2D eigenvalue weighted by Gasteiger charge is 2.30. The van der Waals surface area contributed by atoms with E-state index in [2.05, 4.69) is 137 Å². The number of hydrogen-bond acceptors (Lipinski definition) is 15. The van der Waals surface area contributed by atoms with Crippen LogP contribution in [-0.4, -0.2) is 96.7 Å². The molecule has 102 heavy (non-hydrogen) atoms. The van der Waals surface area contributed by atoms with Crippen molar-refractivity contribution in [3.8, 4) is 0 Å². The topological polar surface area (TPSA) is 237 Å². The summed E-state index contributed by atoms with van der Waals surface area (Å²) in [5.41, 5.74) is 0. The molecule has 0 aromatic carbocycles. The second-order valence-electron chi connectivity index (χ2n) is 26.6. The quantitative estimate of drug-likeness (QED) is 0.0169. The van der Waals surface area contributed by atoms with Crippen LogP contribution in [0.5, 0.6) is 0 Å². The monoisotopic (exact) mass is 1470 g/mol. The van der Waals surface area contributed by atoms with E-state index in [0.717, 1.165) is 205 Å². The number of rotatable bonds is 75. The van der Waals surface area contributed by atoms with Crippen LogP contribution in [0, 0.1) is 0 Å². The number of carbonyl (C=O) groups is 4. The molecule has 17 nitrogen and oxygen atoms in total. The molecule has 0 rings (SSSR count). The van der Waals surface area contributed by atoms with E-state index in [-0.39, 0.29) is 25.7 Å². The number of unbranched alkanes of at least 4 members (excludes halogenated alkanes) is 31. The molecular formula is C83H144O17P2. The minimum Gasteiger partial charge on any atom is -0.462 e. The van der Waals surface area contributed by atoms with Gasteiger partial charge in [0.25, 0.3) is 0 Å². The lowest BCUT2D eigenvalue weighted by molar-refractivity contribution is -0.161. The molecule has 5 unspecified atom stereocenters. The predicted octanol–water partition coefficient (Wildman–Crippen LogP) is 23.3. The van der Waals surface area contributed by atoms with Gasteiger partial charge in [0, 0.05) is 25.7 Å². The largest absolute Gasteiger partial charge is 0.472 e.